The van der Waals surface area contributed by atoms with Gasteiger partial charge in [-0.25, -0.2) is 0 Å². The Bertz CT molecular complexity index is 224. The molecule has 0 aromatic heterocycles. The van der Waals surface area contributed by atoms with E-state index in [0.29, 0.717) is 6.10 Å². The molecular weight excluding hydrogens is 228 g/mol. The van der Waals surface area contributed by atoms with E-state index in [-0.39, 0.29) is 0 Å². The Morgan fingerprint density at radius 3 is 2.44 bits per heavy atom. The van der Waals surface area contributed by atoms with Gasteiger partial charge >= 0.3 is 0 Å². The molecule has 0 aromatic rings. The number of methoxy groups -OCH3 is 1. The summed E-state index contributed by atoms with van der Waals surface area (Å²) in [6.07, 6.45) is 4.02. The molecule has 2 aliphatic heterocycles. The van der Waals surface area contributed by atoms with Crippen molar-refractivity contribution in [3.05, 3.63) is 0 Å². The first-order chi connectivity index (χ1) is 8.83. The number of hydrogen-bond donors (Lipinski definition) is 0. The van der Waals surface area contributed by atoms with Crippen LogP contribution in [0.2, 0.25) is 0 Å². The first kappa shape index (κ1) is 14.3. The van der Waals surface area contributed by atoms with Crippen molar-refractivity contribution in [2.45, 2.75) is 38.3 Å². The summed E-state index contributed by atoms with van der Waals surface area (Å²) in [6.45, 7) is 9.94. The summed E-state index contributed by atoms with van der Waals surface area (Å²) in [6, 6.07) is 0.786. The van der Waals surface area contributed by atoms with Crippen molar-refractivity contribution in [1.82, 2.24) is 9.80 Å². The highest BCUT2D eigenvalue weighted by molar-refractivity contribution is 4.90. The van der Waals surface area contributed by atoms with Gasteiger partial charge in [-0.3, -0.25) is 9.80 Å². The van der Waals surface area contributed by atoms with Crippen molar-refractivity contribution in [2.24, 2.45) is 0 Å². The number of nitrogens with zero attached hydrogens (tertiary/aromatic N) is 2. The molecule has 0 aromatic carbocycles. The van der Waals surface area contributed by atoms with Gasteiger partial charge in [0.25, 0.3) is 0 Å². The molecule has 106 valence electrons. The van der Waals surface area contributed by atoms with Gasteiger partial charge in [0.2, 0.25) is 0 Å². The summed E-state index contributed by atoms with van der Waals surface area (Å²) in [5.41, 5.74) is 0. The molecule has 0 aliphatic carbocycles. The van der Waals surface area contributed by atoms with Crippen LogP contribution in [0.5, 0.6) is 0 Å². The van der Waals surface area contributed by atoms with Crippen molar-refractivity contribution in [3.63, 3.8) is 0 Å². The number of ether oxygens (including phenoxy) is 2. The SMILES string of the molecule is CCCOCCN1CC(N2CCC(OC)CC2)C1. The topological polar surface area (TPSA) is 24.9 Å². The number of piperidine rings is 1. The van der Waals surface area contributed by atoms with Crippen LogP contribution in [-0.4, -0.2) is 75.0 Å². The second-order valence-electron chi connectivity index (χ2n) is 5.50. The predicted octanol–water partition coefficient (Wildman–Crippen LogP) is 1.21. The van der Waals surface area contributed by atoms with Gasteiger partial charge in [-0.1, -0.05) is 6.92 Å². The molecule has 2 fully saturated rings. The minimum atomic E-state index is 0.500. The van der Waals surface area contributed by atoms with Crippen molar-refractivity contribution in [1.29, 1.82) is 0 Å². The molecule has 0 amide bonds. The highest BCUT2D eigenvalue weighted by atomic mass is 16.5. The highest BCUT2D eigenvalue weighted by Crippen LogP contribution is 2.20. The molecule has 4 heteroatoms. The van der Waals surface area contributed by atoms with E-state index in [2.05, 4.69) is 16.7 Å². The fourth-order valence-corrected chi connectivity index (χ4v) is 2.87. The standard InChI is InChI=1S/C14H28N2O2/c1-3-9-18-10-8-15-11-13(12-15)16-6-4-14(17-2)5-7-16/h13-14H,3-12H2,1-2H3. The Balaban J connectivity index is 1.53. The average molecular weight is 256 g/mol. The van der Waals surface area contributed by atoms with Crippen LogP contribution in [0, 0.1) is 0 Å². The second kappa shape index (κ2) is 7.43. The van der Waals surface area contributed by atoms with Gasteiger partial charge in [0.1, 0.15) is 0 Å². The molecule has 0 saturated carbocycles. The van der Waals surface area contributed by atoms with E-state index >= 15 is 0 Å². The summed E-state index contributed by atoms with van der Waals surface area (Å²) in [4.78, 5) is 5.14. The van der Waals surface area contributed by atoms with Crippen LogP contribution in [0.3, 0.4) is 0 Å². The van der Waals surface area contributed by atoms with Gasteiger partial charge < -0.3 is 9.47 Å². The Hall–Kier alpha value is -0.160. The van der Waals surface area contributed by atoms with Gasteiger partial charge in [-0.15, -0.1) is 0 Å². The van der Waals surface area contributed by atoms with E-state index in [9.17, 15) is 0 Å². The number of rotatable bonds is 7. The molecule has 0 bridgehead atoms. The zero-order valence-corrected chi connectivity index (χ0v) is 11.9. The maximum absolute atomic E-state index is 5.53. The van der Waals surface area contributed by atoms with E-state index in [1.807, 2.05) is 7.11 Å². The molecule has 2 rings (SSSR count). The van der Waals surface area contributed by atoms with E-state index in [1.165, 1.54) is 39.0 Å². The Morgan fingerprint density at radius 1 is 1.11 bits per heavy atom. The molecule has 0 atom stereocenters. The molecule has 18 heavy (non-hydrogen) atoms. The molecule has 0 radical (unpaired) electrons. The van der Waals surface area contributed by atoms with Gasteiger partial charge in [0, 0.05) is 52.5 Å². The van der Waals surface area contributed by atoms with E-state index in [1.54, 1.807) is 0 Å². The lowest BCUT2D eigenvalue weighted by atomic mass is 10.0. The lowest BCUT2D eigenvalue weighted by molar-refractivity contribution is -0.0247. The smallest absolute Gasteiger partial charge is 0.0595 e. The predicted molar refractivity (Wildman–Crippen MR) is 72.9 cm³/mol. The number of hydrogen-bond acceptors (Lipinski definition) is 4. The van der Waals surface area contributed by atoms with E-state index in [4.69, 9.17) is 9.47 Å². The maximum Gasteiger partial charge on any atom is 0.0595 e. The Labute approximate surface area is 111 Å². The van der Waals surface area contributed by atoms with Crippen LogP contribution >= 0.6 is 0 Å². The third-order valence-corrected chi connectivity index (χ3v) is 4.16. The van der Waals surface area contributed by atoms with Crippen LogP contribution in [0.4, 0.5) is 0 Å². The molecule has 0 N–H and O–H groups in total. The molecule has 2 heterocycles. The quantitative estimate of drug-likeness (QED) is 0.639. The summed E-state index contributed by atoms with van der Waals surface area (Å²) in [7, 11) is 1.84. The Kier molecular flexibility index (Phi) is 5.89. The van der Waals surface area contributed by atoms with Crippen molar-refractivity contribution in [2.75, 3.05) is 53.0 Å². The zero-order chi connectivity index (χ0) is 12.8. The minimum absolute atomic E-state index is 0.500. The number of likely N-dealkylation sites (tertiary alicyclic amines) is 2. The fourth-order valence-electron chi connectivity index (χ4n) is 2.87. The second-order valence-corrected chi connectivity index (χ2v) is 5.50. The zero-order valence-electron chi connectivity index (χ0n) is 11.9. The molecule has 0 unspecified atom stereocenters. The van der Waals surface area contributed by atoms with Gasteiger partial charge in [-0.2, -0.15) is 0 Å². The van der Waals surface area contributed by atoms with Crippen molar-refractivity contribution in [3.8, 4) is 0 Å². The lowest BCUT2D eigenvalue weighted by Gasteiger charge is -2.47. The normalized spacial score (nSPS) is 24.3. The van der Waals surface area contributed by atoms with E-state index in [0.717, 1.165) is 32.2 Å². The average Bonchev–Trinajstić information content (AvgIpc) is 2.37. The van der Waals surface area contributed by atoms with Crippen LogP contribution in [0.1, 0.15) is 26.2 Å². The molecule has 2 aliphatic rings. The monoisotopic (exact) mass is 256 g/mol. The third-order valence-electron chi connectivity index (χ3n) is 4.16. The maximum atomic E-state index is 5.53. The minimum Gasteiger partial charge on any atom is -0.381 e. The molecular formula is C14H28N2O2. The molecule has 2 saturated heterocycles. The fraction of sp³-hybridized carbons (Fsp3) is 1.00. The first-order valence-electron chi connectivity index (χ1n) is 7.40. The molecule has 0 spiro atoms. The van der Waals surface area contributed by atoms with Crippen molar-refractivity contribution < 1.29 is 9.47 Å². The highest BCUT2D eigenvalue weighted by Gasteiger charge is 2.33. The summed E-state index contributed by atoms with van der Waals surface area (Å²) >= 11 is 0. The van der Waals surface area contributed by atoms with Crippen LogP contribution < -0.4 is 0 Å². The van der Waals surface area contributed by atoms with Gasteiger partial charge in [0.05, 0.1) is 12.7 Å². The molecule has 4 nitrogen and oxygen atoms in total. The van der Waals surface area contributed by atoms with Crippen LogP contribution in [0.25, 0.3) is 0 Å². The third kappa shape index (κ3) is 3.92. The summed E-state index contributed by atoms with van der Waals surface area (Å²) < 4.78 is 10.9. The van der Waals surface area contributed by atoms with Gasteiger partial charge in [-0.05, 0) is 19.3 Å². The summed E-state index contributed by atoms with van der Waals surface area (Å²) in [5, 5.41) is 0. The Morgan fingerprint density at radius 2 is 1.83 bits per heavy atom. The van der Waals surface area contributed by atoms with Crippen molar-refractivity contribution >= 4 is 0 Å². The van der Waals surface area contributed by atoms with Gasteiger partial charge in [0.15, 0.2) is 0 Å². The summed E-state index contributed by atoms with van der Waals surface area (Å²) in [5.74, 6) is 0. The van der Waals surface area contributed by atoms with Crippen LogP contribution in [0.15, 0.2) is 0 Å². The first-order valence-corrected chi connectivity index (χ1v) is 7.40. The van der Waals surface area contributed by atoms with Crippen LogP contribution in [-0.2, 0) is 9.47 Å². The largest absolute Gasteiger partial charge is 0.381 e. The lowest BCUT2D eigenvalue weighted by Crippen LogP contribution is -2.61. The van der Waals surface area contributed by atoms with E-state index < -0.39 is 0 Å².